The normalized spacial score (nSPS) is 25.3. The summed E-state index contributed by atoms with van der Waals surface area (Å²) in [5.74, 6) is 0.115. The number of aliphatic hydroxyl groups excluding tert-OH is 2. The van der Waals surface area contributed by atoms with E-state index in [-0.39, 0.29) is 24.5 Å². The van der Waals surface area contributed by atoms with Gasteiger partial charge in [0, 0.05) is 11.8 Å². The van der Waals surface area contributed by atoms with Gasteiger partial charge < -0.3 is 20.5 Å². The first-order valence-corrected chi connectivity index (χ1v) is 7.47. The number of imidazole rings is 1. The van der Waals surface area contributed by atoms with Gasteiger partial charge in [-0.25, -0.2) is 15.0 Å². The molecule has 1 saturated carbocycles. The van der Waals surface area contributed by atoms with Crippen molar-refractivity contribution in [2.45, 2.75) is 32.9 Å². The Morgan fingerprint density at radius 1 is 1.36 bits per heavy atom. The lowest BCUT2D eigenvalue weighted by atomic mass is 9.63. The molecule has 4 atom stereocenters. The number of anilines is 1. The fourth-order valence-corrected chi connectivity index (χ4v) is 3.09. The number of aliphatic hydroxyl groups is 2. The Balaban J connectivity index is 0.000000847. The molecule has 1 unspecified atom stereocenters. The van der Waals surface area contributed by atoms with Gasteiger partial charge in [-0.2, -0.15) is 0 Å². The summed E-state index contributed by atoms with van der Waals surface area (Å²) in [6, 6.07) is -0.133. The molecule has 2 aromatic heterocycles. The van der Waals surface area contributed by atoms with E-state index >= 15 is 0 Å². The SMILES string of the molecule is C=C1[C@@H](n2cnc3c(N)ncnc32)[C@H](C(C)O)[C@H]1CO.CC. The highest BCUT2D eigenvalue weighted by Gasteiger charge is 2.48. The van der Waals surface area contributed by atoms with Crippen LogP contribution >= 0.6 is 0 Å². The monoisotopic (exact) mass is 305 g/mol. The van der Waals surface area contributed by atoms with Crippen LogP contribution < -0.4 is 5.73 Å². The average Bonchev–Trinajstić information content (AvgIpc) is 2.92. The number of hydrogen-bond donors (Lipinski definition) is 3. The van der Waals surface area contributed by atoms with Crippen molar-refractivity contribution >= 4 is 17.0 Å². The summed E-state index contributed by atoms with van der Waals surface area (Å²) in [6.45, 7) is 9.72. The van der Waals surface area contributed by atoms with Crippen molar-refractivity contribution in [2.24, 2.45) is 11.8 Å². The highest BCUT2D eigenvalue weighted by molar-refractivity contribution is 5.81. The first-order valence-electron chi connectivity index (χ1n) is 7.47. The predicted molar refractivity (Wildman–Crippen MR) is 85.0 cm³/mol. The zero-order chi connectivity index (χ0) is 16.4. The van der Waals surface area contributed by atoms with E-state index in [4.69, 9.17) is 5.73 Å². The van der Waals surface area contributed by atoms with Crippen molar-refractivity contribution in [3.05, 3.63) is 24.8 Å². The van der Waals surface area contributed by atoms with Crippen LogP contribution in [-0.2, 0) is 0 Å². The van der Waals surface area contributed by atoms with Crippen molar-refractivity contribution in [2.75, 3.05) is 12.3 Å². The predicted octanol–water partition coefficient (Wildman–Crippen LogP) is 1.15. The Morgan fingerprint density at radius 2 is 2.05 bits per heavy atom. The molecule has 120 valence electrons. The summed E-state index contributed by atoms with van der Waals surface area (Å²) >= 11 is 0. The quantitative estimate of drug-likeness (QED) is 0.734. The lowest BCUT2D eigenvalue weighted by molar-refractivity contribution is 0.00235. The van der Waals surface area contributed by atoms with Gasteiger partial charge in [0.15, 0.2) is 11.5 Å². The molecule has 7 nitrogen and oxygen atoms in total. The molecule has 2 heterocycles. The van der Waals surface area contributed by atoms with Crippen LogP contribution in [0.15, 0.2) is 24.8 Å². The van der Waals surface area contributed by atoms with Gasteiger partial charge in [-0.15, -0.1) is 0 Å². The minimum Gasteiger partial charge on any atom is -0.396 e. The topological polar surface area (TPSA) is 110 Å². The summed E-state index contributed by atoms with van der Waals surface area (Å²) in [5.41, 5.74) is 7.80. The van der Waals surface area contributed by atoms with Crippen molar-refractivity contribution in [1.29, 1.82) is 0 Å². The molecule has 7 heteroatoms. The number of nitrogen functional groups attached to an aromatic ring is 1. The van der Waals surface area contributed by atoms with Crippen LogP contribution in [0.25, 0.3) is 11.2 Å². The summed E-state index contributed by atoms with van der Waals surface area (Å²) in [5, 5.41) is 19.3. The first kappa shape index (κ1) is 16.4. The van der Waals surface area contributed by atoms with Gasteiger partial charge in [0.1, 0.15) is 11.8 Å². The van der Waals surface area contributed by atoms with Gasteiger partial charge in [-0.3, -0.25) is 0 Å². The number of nitrogens with zero attached hydrogens (tertiary/aromatic N) is 4. The van der Waals surface area contributed by atoms with Gasteiger partial charge >= 0.3 is 0 Å². The number of aromatic nitrogens is 4. The zero-order valence-corrected chi connectivity index (χ0v) is 13.1. The summed E-state index contributed by atoms with van der Waals surface area (Å²) in [4.78, 5) is 12.3. The maximum atomic E-state index is 9.94. The Morgan fingerprint density at radius 3 is 2.64 bits per heavy atom. The van der Waals surface area contributed by atoms with Crippen molar-refractivity contribution in [3.8, 4) is 0 Å². The third-order valence-corrected chi connectivity index (χ3v) is 4.13. The van der Waals surface area contributed by atoms with E-state index in [1.54, 1.807) is 13.3 Å². The lowest BCUT2D eigenvalue weighted by Gasteiger charge is -2.48. The second-order valence-corrected chi connectivity index (χ2v) is 5.21. The second-order valence-electron chi connectivity index (χ2n) is 5.21. The fraction of sp³-hybridized carbons (Fsp3) is 0.533. The molecule has 0 aliphatic heterocycles. The highest BCUT2D eigenvalue weighted by atomic mass is 16.3. The molecule has 2 aromatic rings. The van der Waals surface area contributed by atoms with E-state index in [0.29, 0.717) is 17.0 Å². The van der Waals surface area contributed by atoms with Gasteiger partial charge in [-0.1, -0.05) is 20.4 Å². The lowest BCUT2D eigenvalue weighted by Crippen LogP contribution is -2.48. The minimum absolute atomic E-state index is 0.0192. The molecule has 22 heavy (non-hydrogen) atoms. The van der Waals surface area contributed by atoms with Gasteiger partial charge in [0.25, 0.3) is 0 Å². The van der Waals surface area contributed by atoms with Crippen LogP contribution in [0, 0.1) is 11.8 Å². The van der Waals surface area contributed by atoms with Crippen LogP contribution in [0.5, 0.6) is 0 Å². The largest absolute Gasteiger partial charge is 0.396 e. The van der Waals surface area contributed by atoms with Gasteiger partial charge in [0.2, 0.25) is 0 Å². The number of nitrogens with two attached hydrogens (primary N) is 1. The zero-order valence-electron chi connectivity index (χ0n) is 13.1. The van der Waals surface area contributed by atoms with E-state index in [1.807, 2.05) is 18.4 Å². The highest BCUT2D eigenvalue weighted by Crippen LogP contribution is 2.50. The molecule has 1 fully saturated rings. The van der Waals surface area contributed by atoms with Crippen LogP contribution in [0.4, 0.5) is 5.82 Å². The molecule has 0 saturated heterocycles. The maximum absolute atomic E-state index is 9.94. The summed E-state index contributed by atoms with van der Waals surface area (Å²) in [7, 11) is 0. The maximum Gasteiger partial charge on any atom is 0.165 e. The molecule has 1 aliphatic carbocycles. The molecule has 0 bridgehead atoms. The summed E-state index contributed by atoms with van der Waals surface area (Å²) in [6.07, 6.45) is 2.46. The average molecular weight is 305 g/mol. The summed E-state index contributed by atoms with van der Waals surface area (Å²) < 4.78 is 1.85. The van der Waals surface area contributed by atoms with E-state index in [0.717, 1.165) is 5.57 Å². The van der Waals surface area contributed by atoms with Crippen molar-refractivity contribution < 1.29 is 10.2 Å². The Bertz CT molecular complexity index is 667. The fourth-order valence-electron chi connectivity index (χ4n) is 3.09. The molecule has 4 N–H and O–H groups in total. The van der Waals surface area contributed by atoms with Gasteiger partial charge in [0.05, 0.1) is 25.1 Å². The standard InChI is InChI=1S/C13H17N5O2.C2H6/c1-6-8(3-19)9(7(2)20)11(6)18-5-17-10-12(14)15-4-16-13(10)18;1-2/h4-5,7-9,11,19-20H,1,3H2,2H3,(H2,14,15,16);1-2H3/t7?,8-,9+,11+;/m0./s1. The van der Waals surface area contributed by atoms with E-state index < -0.39 is 6.10 Å². The van der Waals surface area contributed by atoms with Crippen LogP contribution in [-0.4, -0.2) is 42.4 Å². The van der Waals surface area contributed by atoms with Crippen molar-refractivity contribution in [1.82, 2.24) is 19.5 Å². The number of hydrogen-bond acceptors (Lipinski definition) is 6. The minimum atomic E-state index is -0.556. The molecule has 0 spiro atoms. The number of fused-ring (bicyclic) bond motifs is 1. The third kappa shape index (κ3) is 2.36. The van der Waals surface area contributed by atoms with Crippen molar-refractivity contribution in [3.63, 3.8) is 0 Å². The Labute approximate surface area is 129 Å². The van der Waals surface area contributed by atoms with Crippen LogP contribution in [0.3, 0.4) is 0 Å². The molecule has 0 aromatic carbocycles. The molecular formula is C15H23N5O2. The Kier molecular flexibility index (Phi) is 4.77. The first-order chi connectivity index (χ1) is 10.6. The number of rotatable bonds is 3. The van der Waals surface area contributed by atoms with Gasteiger partial charge in [-0.05, 0) is 12.5 Å². The second kappa shape index (κ2) is 6.41. The Hall–Kier alpha value is -1.99. The van der Waals surface area contributed by atoms with E-state index in [2.05, 4.69) is 21.5 Å². The third-order valence-electron chi connectivity index (χ3n) is 4.13. The molecule has 0 radical (unpaired) electrons. The molecular weight excluding hydrogens is 282 g/mol. The molecule has 0 amide bonds. The van der Waals surface area contributed by atoms with Crippen LogP contribution in [0.2, 0.25) is 0 Å². The van der Waals surface area contributed by atoms with E-state index in [9.17, 15) is 10.2 Å². The smallest absolute Gasteiger partial charge is 0.165 e. The molecule has 1 aliphatic rings. The van der Waals surface area contributed by atoms with E-state index in [1.165, 1.54) is 6.33 Å². The van der Waals surface area contributed by atoms with Crippen LogP contribution in [0.1, 0.15) is 26.8 Å². The molecule has 3 rings (SSSR count).